The normalized spacial score (nSPS) is 10.1. The van der Waals surface area contributed by atoms with Crippen LogP contribution in [0.15, 0.2) is 25.3 Å². The SMILES string of the molecule is C=Cc1ccc(C(C)C)nc1C=C. The summed E-state index contributed by atoms with van der Waals surface area (Å²) >= 11 is 0. The molecule has 0 aliphatic carbocycles. The van der Waals surface area contributed by atoms with Crippen molar-refractivity contribution in [3.8, 4) is 0 Å². The second-order valence-electron chi connectivity index (χ2n) is 3.27. The van der Waals surface area contributed by atoms with Gasteiger partial charge in [0.15, 0.2) is 0 Å². The van der Waals surface area contributed by atoms with Crippen molar-refractivity contribution in [2.24, 2.45) is 0 Å². The number of pyridine rings is 1. The minimum absolute atomic E-state index is 0.456. The van der Waals surface area contributed by atoms with Crippen molar-refractivity contribution in [3.05, 3.63) is 42.2 Å². The Bertz CT molecular complexity index is 324. The Balaban J connectivity index is 3.20. The summed E-state index contributed by atoms with van der Waals surface area (Å²) in [6.07, 6.45) is 3.57. The molecule has 68 valence electrons. The van der Waals surface area contributed by atoms with Crippen LogP contribution in [0, 0.1) is 0 Å². The molecule has 0 bridgehead atoms. The maximum atomic E-state index is 4.47. The maximum absolute atomic E-state index is 4.47. The molecule has 1 aromatic rings. The quantitative estimate of drug-likeness (QED) is 0.681. The lowest BCUT2D eigenvalue weighted by atomic mass is 10.1. The fourth-order valence-electron chi connectivity index (χ4n) is 1.16. The van der Waals surface area contributed by atoms with Crippen molar-refractivity contribution in [2.45, 2.75) is 19.8 Å². The van der Waals surface area contributed by atoms with Crippen molar-refractivity contribution >= 4 is 12.2 Å². The van der Waals surface area contributed by atoms with Crippen LogP contribution in [0.5, 0.6) is 0 Å². The lowest BCUT2D eigenvalue weighted by molar-refractivity contribution is 0.820. The van der Waals surface area contributed by atoms with Gasteiger partial charge in [0.05, 0.1) is 5.69 Å². The van der Waals surface area contributed by atoms with E-state index < -0.39 is 0 Å². The molecule has 1 rings (SSSR count). The molecule has 0 N–H and O–H groups in total. The van der Waals surface area contributed by atoms with E-state index in [9.17, 15) is 0 Å². The second-order valence-corrected chi connectivity index (χ2v) is 3.27. The molecule has 1 nitrogen and oxygen atoms in total. The molecule has 0 saturated carbocycles. The average Bonchev–Trinajstić information content (AvgIpc) is 2.16. The van der Waals surface area contributed by atoms with Gasteiger partial charge in [-0.3, -0.25) is 4.98 Å². The summed E-state index contributed by atoms with van der Waals surface area (Å²) in [7, 11) is 0. The number of hydrogen-bond acceptors (Lipinski definition) is 1. The smallest absolute Gasteiger partial charge is 0.0699 e. The fraction of sp³-hybridized carbons (Fsp3) is 0.250. The van der Waals surface area contributed by atoms with Crippen LogP contribution in [0.2, 0.25) is 0 Å². The lowest BCUT2D eigenvalue weighted by Crippen LogP contribution is -1.95. The highest BCUT2D eigenvalue weighted by atomic mass is 14.7. The van der Waals surface area contributed by atoms with Gasteiger partial charge in [-0.15, -0.1) is 0 Å². The van der Waals surface area contributed by atoms with E-state index in [4.69, 9.17) is 0 Å². The summed E-state index contributed by atoms with van der Waals surface area (Å²) in [5.41, 5.74) is 3.06. The Hall–Kier alpha value is -1.37. The third-order valence-corrected chi connectivity index (χ3v) is 1.98. The summed E-state index contributed by atoms with van der Waals surface area (Å²) in [5.74, 6) is 0.456. The Morgan fingerprint density at radius 2 is 1.92 bits per heavy atom. The van der Waals surface area contributed by atoms with Crippen LogP contribution in [-0.4, -0.2) is 4.98 Å². The Kier molecular flexibility index (Phi) is 3.02. The molecule has 0 radical (unpaired) electrons. The number of rotatable bonds is 3. The molecule has 0 saturated heterocycles. The van der Waals surface area contributed by atoms with Crippen molar-refractivity contribution in [3.63, 3.8) is 0 Å². The summed E-state index contributed by atoms with van der Waals surface area (Å²) in [6.45, 7) is 11.7. The van der Waals surface area contributed by atoms with E-state index in [1.807, 2.05) is 12.1 Å². The summed E-state index contributed by atoms with van der Waals surface area (Å²) in [4.78, 5) is 4.47. The van der Waals surface area contributed by atoms with Crippen LogP contribution in [0.3, 0.4) is 0 Å². The zero-order chi connectivity index (χ0) is 9.84. The van der Waals surface area contributed by atoms with E-state index in [2.05, 4.69) is 32.0 Å². The van der Waals surface area contributed by atoms with Gasteiger partial charge in [0, 0.05) is 5.69 Å². The van der Waals surface area contributed by atoms with Gasteiger partial charge in [0.2, 0.25) is 0 Å². The molecule has 0 aliphatic heterocycles. The second kappa shape index (κ2) is 4.04. The number of aromatic nitrogens is 1. The van der Waals surface area contributed by atoms with E-state index in [1.54, 1.807) is 12.2 Å². The largest absolute Gasteiger partial charge is 0.253 e. The molecular formula is C12H15N. The number of hydrogen-bond donors (Lipinski definition) is 0. The zero-order valence-corrected chi connectivity index (χ0v) is 8.25. The molecule has 1 heteroatoms. The van der Waals surface area contributed by atoms with E-state index in [1.165, 1.54) is 0 Å². The first-order valence-electron chi connectivity index (χ1n) is 4.45. The maximum Gasteiger partial charge on any atom is 0.0699 e. The topological polar surface area (TPSA) is 12.9 Å². The first kappa shape index (κ1) is 9.72. The molecule has 13 heavy (non-hydrogen) atoms. The first-order chi connectivity index (χ1) is 6.19. The monoisotopic (exact) mass is 173 g/mol. The molecule has 1 heterocycles. The van der Waals surface area contributed by atoms with E-state index in [-0.39, 0.29) is 0 Å². The third-order valence-electron chi connectivity index (χ3n) is 1.98. The van der Waals surface area contributed by atoms with Gasteiger partial charge in [-0.2, -0.15) is 0 Å². The molecular weight excluding hydrogens is 158 g/mol. The predicted octanol–water partition coefficient (Wildman–Crippen LogP) is 3.49. The molecule has 0 atom stereocenters. The van der Waals surface area contributed by atoms with E-state index >= 15 is 0 Å². The highest BCUT2D eigenvalue weighted by Gasteiger charge is 2.03. The molecule has 0 fully saturated rings. The minimum atomic E-state index is 0.456. The Labute approximate surface area is 79.8 Å². The molecule has 0 aromatic carbocycles. The number of nitrogens with zero attached hydrogens (tertiary/aromatic N) is 1. The highest BCUT2D eigenvalue weighted by molar-refractivity contribution is 5.60. The van der Waals surface area contributed by atoms with Crippen LogP contribution in [0.1, 0.15) is 36.7 Å². The molecule has 1 aromatic heterocycles. The molecule has 0 spiro atoms. The Morgan fingerprint density at radius 3 is 2.38 bits per heavy atom. The van der Waals surface area contributed by atoms with Crippen LogP contribution in [0.4, 0.5) is 0 Å². The summed E-state index contributed by atoms with van der Waals surface area (Å²) < 4.78 is 0. The predicted molar refractivity (Wildman–Crippen MR) is 58.5 cm³/mol. The fourth-order valence-corrected chi connectivity index (χ4v) is 1.16. The van der Waals surface area contributed by atoms with Gasteiger partial charge < -0.3 is 0 Å². The van der Waals surface area contributed by atoms with Gasteiger partial charge in [-0.1, -0.05) is 39.1 Å². The van der Waals surface area contributed by atoms with Crippen LogP contribution < -0.4 is 0 Å². The van der Waals surface area contributed by atoms with Gasteiger partial charge in [0.1, 0.15) is 0 Å². The van der Waals surface area contributed by atoms with Gasteiger partial charge in [0.25, 0.3) is 0 Å². The zero-order valence-electron chi connectivity index (χ0n) is 8.25. The first-order valence-corrected chi connectivity index (χ1v) is 4.45. The van der Waals surface area contributed by atoms with Crippen molar-refractivity contribution in [2.75, 3.05) is 0 Å². The standard InChI is InChI=1S/C12H15N/c1-5-10-7-8-12(9(3)4)13-11(10)6-2/h5-9H,1-2H2,3-4H3. The molecule has 0 amide bonds. The van der Waals surface area contributed by atoms with Crippen molar-refractivity contribution < 1.29 is 0 Å². The molecule has 0 unspecified atom stereocenters. The van der Waals surface area contributed by atoms with Crippen LogP contribution in [-0.2, 0) is 0 Å². The average molecular weight is 173 g/mol. The minimum Gasteiger partial charge on any atom is -0.253 e. The Morgan fingerprint density at radius 1 is 1.23 bits per heavy atom. The summed E-state index contributed by atoms with van der Waals surface area (Å²) in [5, 5.41) is 0. The summed E-state index contributed by atoms with van der Waals surface area (Å²) in [6, 6.07) is 4.07. The highest BCUT2D eigenvalue weighted by Crippen LogP contribution is 2.16. The lowest BCUT2D eigenvalue weighted by Gasteiger charge is -2.07. The van der Waals surface area contributed by atoms with Crippen LogP contribution in [0.25, 0.3) is 12.2 Å². The van der Waals surface area contributed by atoms with Gasteiger partial charge in [-0.25, -0.2) is 0 Å². The van der Waals surface area contributed by atoms with Gasteiger partial charge in [-0.05, 0) is 23.6 Å². The molecule has 0 aliphatic rings. The van der Waals surface area contributed by atoms with E-state index in [0.29, 0.717) is 5.92 Å². The van der Waals surface area contributed by atoms with Crippen molar-refractivity contribution in [1.82, 2.24) is 4.98 Å². The van der Waals surface area contributed by atoms with E-state index in [0.717, 1.165) is 17.0 Å². The third kappa shape index (κ3) is 2.05. The van der Waals surface area contributed by atoms with Crippen molar-refractivity contribution in [1.29, 1.82) is 0 Å². The van der Waals surface area contributed by atoms with Crippen LogP contribution >= 0.6 is 0 Å². The van der Waals surface area contributed by atoms with Gasteiger partial charge >= 0.3 is 0 Å².